The predicted octanol–water partition coefficient (Wildman–Crippen LogP) is 0.967. The van der Waals surface area contributed by atoms with Crippen molar-refractivity contribution in [3.63, 3.8) is 0 Å². The van der Waals surface area contributed by atoms with Gasteiger partial charge in [-0.2, -0.15) is 0 Å². The zero-order chi connectivity index (χ0) is 11.8. The molecule has 0 saturated heterocycles. The largest absolute Gasteiger partial charge is 0.324 e. The van der Waals surface area contributed by atoms with E-state index >= 15 is 0 Å². The third-order valence-corrected chi connectivity index (χ3v) is 1.90. The van der Waals surface area contributed by atoms with E-state index in [0.29, 0.717) is 5.69 Å². The summed E-state index contributed by atoms with van der Waals surface area (Å²) in [5.41, 5.74) is 1.45. The molecule has 1 rings (SSSR count). The van der Waals surface area contributed by atoms with Crippen LogP contribution in [0.15, 0.2) is 30.3 Å². The lowest BCUT2D eigenvalue weighted by atomic mass is 10.1. The van der Waals surface area contributed by atoms with Crippen LogP contribution < -0.4 is 10.6 Å². The topological polar surface area (TPSA) is 58.2 Å². The number of carbonyl (C=O) groups is 1. The van der Waals surface area contributed by atoms with Crippen LogP contribution in [0, 0.1) is 0 Å². The molecule has 0 aromatic heterocycles. The number of hydrogen-bond donors (Lipinski definition) is 2. The van der Waals surface area contributed by atoms with Crippen molar-refractivity contribution >= 4 is 24.0 Å². The minimum Gasteiger partial charge on any atom is -0.324 e. The molecule has 0 atom stereocenters. The fraction of sp³-hybridized carbons (Fsp3) is 0.167. The number of allylic oxidation sites excluding steroid dienone is 1. The number of benzene rings is 1. The van der Waals surface area contributed by atoms with E-state index in [1.807, 2.05) is 18.2 Å². The number of carbonyl (C=O) groups excluding carboxylic acids is 2. The smallest absolute Gasteiger partial charge is 0.238 e. The molecule has 1 radical (unpaired) electrons. The van der Waals surface area contributed by atoms with Gasteiger partial charge in [0, 0.05) is 5.69 Å². The van der Waals surface area contributed by atoms with Crippen LogP contribution in [0.3, 0.4) is 0 Å². The van der Waals surface area contributed by atoms with E-state index < -0.39 is 0 Å². The molecule has 0 aliphatic carbocycles. The van der Waals surface area contributed by atoms with E-state index in [-0.39, 0.29) is 12.5 Å². The molecule has 4 heteroatoms. The maximum absolute atomic E-state index is 11.4. The second-order valence-electron chi connectivity index (χ2n) is 3.12. The Hall–Kier alpha value is -1.94. The van der Waals surface area contributed by atoms with Crippen molar-refractivity contribution in [1.82, 2.24) is 5.32 Å². The summed E-state index contributed by atoms with van der Waals surface area (Å²) in [6.45, 7) is 0.248. The second-order valence-corrected chi connectivity index (χ2v) is 3.12. The maximum atomic E-state index is 11.4. The SMILES string of the molecule is CNCC(=O)Nc1ccccc1/C=C/[C]=O. The average Bonchev–Trinajstić information content (AvgIpc) is 2.28. The van der Waals surface area contributed by atoms with Crippen LogP contribution in [0.4, 0.5) is 5.69 Å². The molecule has 0 spiro atoms. The molecule has 83 valence electrons. The number of hydrogen-bond acceptors (Lipinski definition) is 3. The second kappa shape index (κ2) is 6.53. The number of nitrogens with one attached hydrogen (secondary N) is 2. The van der Waals surface area contributed by atoms with Crippen molar-refractivity contribution < 1.29 is 9.59 Å². The molecule has 0 heterocycles. The molecule has 2 N–H and O–H groups in total. The first kappa shape index (κ1) is 12.1. The van der Waals surface area contributed by atoms with E-state index in [0.717, 1.165) is 5.56 Å². The van der Waals surface area contributed by atoms with Gasteiger partial charge in [0.2, 0.25) is 12.2 Å². The van der Waals surface area contributed by atoms with Gasteiger partial charge in [-0.25, -0.2) is 0 Å². The molecule has 1 amide bonds. The Kier molecular flexibility index (Phi) is 4.95. The molecule has 0 aliphatic heterocycles. The predicted molar refractivity (Wildman–Crippen MR) is 63.7 cm³/mol. The molecule has 1 aromatic rings. The minimum atomic E-state index is -0.126. The van der Waals surface area contributed by atoms with Crippen LogP contribution in [-0.4, -0.2) is 25.8 Å². The molecule has 0 aliphatic rings. The summed E-state index contributed by atoms with van der Waals surface area (Å²) in [6.07, 6.45) is 4.53. The van der Waals surface area contributed by atoms with Gasteiger partial charge < -0.3 is 10.6 Å². The summed E-state index contributed by atoms with van der Waals surface area (Å²) in [7, 11) is 1.70. The number of amides is 1. The van der Waals surface area contributed by atoms with Crippen molar-refractivity contribution in [2.24, 2.45) is 0 Å². The van der Waals surface area contributed by atoms with Crippen LogP contribution in [0.1, 0.15) is 5.56 Å². The Balaban J connectivity index is 2.82. The van der Waals surface area contributed by atoms with Gasteiger partial charge in [-0.15, -0.1) is 0 Å². The van der Waals surface area contributed by atoms with Gasteiger partial charge in [-0.3, -0.25) is 9.59 Å². The molecular weight excluding hydrogens is 204 g/mol. The lowest BCUT2D eigenvalue weighted by molar-refractivity contribution is -0.115. The van der Waals surface area contributed by atoms with Crippen LogP contribution in [0.25, 0.3) is 6.08 Å². The third-order valence-electron chi connectivity index (χ3n) is 1.90. The summed E-state index contributed by atoms with van der Waals surface area (Å²) in [5.74, 6) is -0.126. The molecule has 0 saturated carbocycles. The molecule has 0 unspecified atom stereocenters. The van der Waals surface area contributed by atoms with Crippen LogP contribution in [0.5, 0.6) is 0 Å². The highest BCUT2D eigenvalue weighted by atomic mass is 16.1. The summed E-state index contributed by atoms with van der Waals surface area (Å²) in [5, 5.41) is 5.50. The molecule has 16 heavy (non-hydrogen) atoms. The van der Waals surface area contributed by atoms with Crippen molar-refractivity contribution in [2.75, 3.05) is 18.9 Å². The Morgan fingerprint density at radius 2 is 2.19 bits per heavy atom. The quantitative estimate of drug-likeness (QED) is 0.722. The van der Waals surface area contributed by atoms with Gasteiger partial charge in [-0.1, -0.05) is 18.2 Å². The Labute approximate surface area is 94.4 Å². The van der Waals surface area contributed by atoms with Crippen molar-refractivity contribution in [1.29, 1.82) is 0 Å². The van der Waals surface area contributed by atoms with Gasteiger partial charge in [0.25, 0.3) is 0 Å². The van der Waals surface area contributed by atoms with E-state index in [1.54, 1.807) is 25.5 Å². The average molecular weight is 217 g/mol. The number of likely N-dealkylation sites (N-methyl/N-ethyl adjacent to an activating group) is 1. The first-order valence-corrected chi connectivity index (χ1v) is 4.85. The highest BCUT2D eigenvalue weighted by molar-refractivity contribution is 5.94. The zero-order valence-corrected chi connectivity index (χ0v) is 8.99. The van der Waals surface area contributed by atoms with E-state index in [4.69, 9.17) is 0 Å². The van der Waals surface area contributed by atoms with Crippen LogP contribution in [0.2, 0.25) is 0 Å². The standard InChI is InChI=1S/C12H13N2O2/c1-13-9-12(16)14-11-7-3-2-5-10(11)6-4-8-15/h2-7,13H,9H2,1H3,(H,14,16)/b6-4+. The maximum Gasteiger partial charge on any atom is 0.238 e. The van der Waals surface area contributed by atoms with Gasteiger partial charge in [0.1, 0.15) is 0 Å². The van der Waals surface area contributed by atoms with Crippen molar-refractivity contribution in [3.8, 4) is 0 Å². The van der Waals surface area contributed by atoms with Crippen molar-refractivity contribution in [3.05, 3.63) is 35.9 Å². The summed E-state index contributed by atoms with van der Waals surface area (Å²) in [6, 6.07) is 7.23. The highest BCUT2D eigenvalue weighted by Crippen LogP contribution is 2.16. The lowest BCUT2D eigenvalue weighted by Crippen LogP contribution is -2.25. The molecule has 1 aromatic carbocycles. The van der Waals surface area contributed by atoms with Crippen molar-refractivity contribution in [2.45, 2.75) is 0 Å². The summed E-state index contributed by atoms with van der Waals surface area (Å²) >= 11 is 0. The van der Waals surface area contributed by atoms with E-state index in [2.05, 4.69) is 10.6 Å². The Bertz CT molecular complexity index is 400. The fourth-order valence-corrected chi connectivity index (χ4v) is 1.23. The van der Waals surface area contributed by atoms with Gasteiger partial charge in [-0.05, 0) is 30.8 Å². The number of para-hydroxylation sites is 1. The van der Waals surface area contributed by atoms with E-state index in [9.17, 15) is 9.59 Å². The number of anilines is 1. The summed E-state index contributed by atoms with van der Waals surface area (Å²) < 4.78 is 0. The Morgan fingerprint density at radius 1 is 1.44 bits per heavy atom. The zero-order valence-electron chi connectivity index (χ0n) is 8.99. The van der Waals surface area contributed by atoms with Gasteiger partial charge >= 0.3 is 0 Å². The summed E-state index contributed by atoms with van der Waals surface area (Å²) in [4.78, 5) is 21.5. The molecule has 0 fully saturated rings. The molecular formula is C12H13N2O2. The Morgan fingerprint density at radius 3 is 2.88 bits per heavy atom. The minimum absolute atomic E-state index is 0.126. The normalized spacial score (nSPS) is 10.3. The monoisotopic (exact) mass is 217 g/mol. The molecule has 0 bridgehead atoms. The highest BCUT2D eigenvalue weighted by Gasteiger charge is 2.02. The van der Waals surface area contributed by atoms with Crippen LogP contribution >= 0.6 is 0 Å². The lowest BCUT2D eigenvalue weighted by Gasteiger charge is -2.07. The van der Waals surface area contributed by atoms with Gasteiger partial charge in [0.05, 0.1) is 6.54 Å². The molecule has 4 nitrogen and oxygen atoms in total. The third kappa shape index (κ3) is 3.67. The van der Waals surface area contributed by atoms with Gasteiger partial charge in [0.15, 0.2) is 0 Å². The fourth-order valence-electron chi connectivity index (χ4n) is 1.23. The number of rotatable bonds is 5. The first-order valence-electron chi connectivity index (χ1n) is 4.85. The van der Waals surface area contributed by atoms with Crippen LogP contribution in [-0.2, 0) is 9.59 Å². The first-order chi connectivity index (χ1) is 7.77. The van der Waals surface area contributed by atoms with E-state index in [1.165, 1.54) is 6.08 Å².